The predicted octanol–water partition coefficient (Wildman–Crippen LogP) is 1.10. The van der Waals surface area contributed by atoms with E-state index in [1.165, 1.54) is 6.33 Å². The van der Waals surface area contributed by atoms with E-state index in [-0.39, 0.29) is 0 Å². The smallest absolute Gasteiger partial charge is 0.155 e. The molecule has 0 saturated heterocycles. The average Bonchev–Trinajstić information content (AvgIpc) is 2.52. The van der Waals surface area contributed by atoms with Crippen LogP contribution in [0.25, 0.3) is 5.65 Å². The summed E-state index contributed by atoms with van der Waals surface area (Å²) in [5.41, 5.74) is 2.78. The summed E-state index contributed by atoms with van der Waals surface area (Å²) < 4.78 is 1.69. The van der Waals surface area contributed by atoms with Crippen molar-refractivity contribution in [2.75, 3.05) is 0 Å². The molecule has 0 unspecified atom stereocenters. The molecular weight excluding hydrogens is 164 g/mol. The van der Waals surface area contributed by atoms with E-state index in [0.717, 1.165) is 16.9 Å². The molecule has 64 valence electrons. The Bertz CT molecular complexity index is 478. The molecule has 0 spiro atoms. The van der Waals surface area contributed by atoms with Gasteiger partial charge in [-0.25, -0.2) is 9.50 Å². The van der Waals surface area contributed by atoms with Crippen LogP contribution in [0.15, 0.2) is 18.5 Å². The summed E-state index contributed by atoms with van der Waals surface area (Å²) in [5, 5.41) is 12.6. The highest BCUT2D eigenvalue weighted by atomic mass is 15.3. The first-order valence-corrected chi connectivity index (χ1v) is 3.97. The largest absolute Gasteiger partial charge is 0.217 e. The molecule has 0 fully saturated rings. The third-order valence-electron chi connectivity index (χ3n) is 1.86. The zero-order valence-electron chi connectivity index (χ0n) is 7.23. The molecule has 0 saturated carbocycles. The van der Waals surface area contributed by atoms with Gasteiger partial charge in [0.05, 0.1) is 18.2 Å². The fourth-order valence-electron chi connectivity index (χ4n) is 1.35. The Hall–Kier alpha value is -1.89. The van der Waals surface area contributed by atoms with Crippen molar-refractivity contribution >= 4 is 5.65 Å². The lowest BCUT2D eigenvalue weighted by atomic mass is 10.2. The third-order valence-corrected chi connectivity index (χ3v) is 1.86. The van der Waals surface area contributed by atoms with Gasteiger partial charge in [0.2, 0.25) is 0 Å². The molecule has 0 aliphatic heterocycles. The van der Waals surface area contributed by atoms with E-state index in [9.17, 15) is 0 Å². The van der Waals surface area contributed by atoms with E-state index in [0.29, 0.717) is 6.42 Å². The summed E-state index contributed by atoms with van der Waals surface area (Å²) in [6, 6.07) is 5.99. The van der Waals surface area contributed by atoms with Gasteiger partial charge in [0, 0.05) is 0 Å². The molecule has 2 aromatic rings. The van der Waals surface area contributed by atoms with Crippen LogP contribution in [0.3, 0.4) is 0 Å². The van der Waals surface area contributed by atoms with E-state index >= 15 is 0 Å². The molecule has 0 atom stereocenters. The Balaban J connectivity index is 2.71. The standard InChI is InChI=1S/C9H8N4/c1-7-4-8(2-3-10)13-9(5-7)11-6-12-13/h4-6H,2H2,1H3. The Morgan fingerprint density at radius 2 is 2.38 bits per heavy atom. The van der Waals surface area contributed by atoms with Crippen molar-refractivity contribution in [3.8, 4) is 6.07 Å². The van der Waals surface area contributed by atoms with Crippen LogP contribution in [0.2, 0.25) is 0 Å². The molecule has 2 heterocycles. The van der Waals surface area contributed by atoms with Gasteiger partial charge in [-0.05, 0) is 24.6 Å². The van der Waals surface area contributed by atoms with Gasteiger partial charge in [-0.15, -0.1) is 0 Å². The van der Waals surface area contributed by atoms with E-state index in [1.807, 2.05) is 19.1 Å². The van der Waals surface area contributed by atoms with E-state index in [2.05, 4.69) is 16.2 Å². The Kier molecular flexibility index (Phi) is 1.71. The number of hydrogen-bond donors (Lipinski definition) is 0. The molecule has 4 nitrogen and oxygen atoms in total. The highest BCUT2D eigenvalue weighted by Crippen LogP contribution is 2.08. The second kappa shape index (κ2) is 2.87. The van der Waals surface area contributed by atoms with Crippen LogP contribution in [-0.2, 0) is 6.42 Å². The van der Waals surface area contributed by atoms with Gasteiger partial charge >= 0.3 is 0 Å². The van der Waals surface area contributed by atoms with Gasteiger partial charge in [-0.1, -0.05) is 0 Å². The summed E-state index contributed by atoms with van der Waals surface area (Å²) in [6.07, 6.45) is 1.86. The average molecular weight is 172 g/mol. The molecule has 0 aromatic carbocycles. The highest BCUT2D eigenvalue weighted by molar-refractivity contribution is 5.41. The number of aryl methyl sites for hydroxylation is 1. The first kappa shape index (κ1) is 7.74. The van der Waals surface area contributed by atoms with Gasteiger partial charge in [0.1, 0.15) is 6.33 Å². The number of pyridine rings is 1. The van der Waals surface area contributed by atoms with Crippen molar-refractivity contribution < 1.29 is 0 Å². The molecule has 0 amide bonds. The minimum absolute atomic E-state index is 0.363. The van der Waals surface area contributed by atoms with Crippen LogP contribution in [-0.4, -0.2) is 14.6 Å². The number of rotatable bonds is 1. The zero-order valence-corrected chi connectivity index (χ0v) is 7.23. The molecule has 0 aliphatic rings. The normalized spacial score (nSPS) is 10.2. The maximum absolute atomic E-state index is 8.60. The SMILES string of the molecule is Cc1cc(CC#N)n2ncnc2c1. The number of aromatic nitrogens is 3. The topological polar surface area (TPSA) is 54.0 Å². The summed E-state index contributed by atoms with van der Waals surface area (Å²) >= 11 is 0. The highest BCUT2D eigenvalue weighted by Gasteiger charge is 2.02. The van der Waals surface area contributed by atoms with Gasteiger partial charge in [0.25, 0.3) is 0 Å². The summed E-state index contributed by atoms with van der Waals surface area (Å²) in [7, 11) is 0. The van der Waals surface area contributed by atoms with Crippen LogP contribution in [0.5, 0.6) is 0 Å². The van der Waals surface area contributed by atoms with Crippen molar-refractivity contribution in [2.24, 2.45) is 0 Å². The monoisotopic (exact) mass is 172 g/mol. The van der Waals surface area contributed by atoms with Crippen molar-refractivity contribution in [1.82, 2.24) is 14.6 Å². The first-order chi connectivity index (χ1) is 6.31. The third kappa shape index (κ3) is 1.25. The van der Waals surface area contributed by atoms with Gasteiger partial charge in [-0.3, -0.25) is 0 Å². The molecule has 0 N–H and O–H groups in total. The van der Waals surface area contributed by atoms with Crippen LogP contribution >= 0.6 is 0 Å². The van der Waals surface area contributed by atoms with Crippen LogP contribution < -0.4 is 0 Å². The lowest BCUT2D eigenvalue weighted by molar-refractivity contribution is 0.887. The number of nitriles is 1. The van der Waals surface area contributed by atoms with Crippen molar-refractivity contribution in [3.05, 3.63) is 29.7 Å². The van der Waals surface area contributed by atoms with E-state index < -0.39 is 0 Å². The lowest BCUT2D eigenvalue weighted by Gasteiger charge is -2.00. The van der Waals surface area contributed by atoms with Crippen LogP contribution in [0, 0.1) is 18.3 Å². The number of nitrogens with zero attached hydrogens (tertiary/aromatic N) is 4. The molecule has 0 radical (unpaired) electrons. The molecule has 4 heteroatoms. The Morgan fingerprint density at radius 1 is 1.54 bits per heavy atom. The van der Waals surface area contributed by atoms with E-state index in [1.54, 1.807) is 4.52 Å². The molecular formula is C9H8N4. The molecule has 0 aliphatic carbocycles. The van der Waals surface area contributed by atoms with Gasteiger partial charge in [-0.2, -0.15) is 10.4 Å². The predicted molar refractivity (Wildman–Crippen MR) is 47.0 cm³/mol. The van der Waals surface area contributed by atoms with Crippen LogP contribution in [0.1, 0.15) is 11.3 Å². The molecule has 2 rings (SSSR count). The maximum atomic E-state index is 8.60. The number of hydrogen-bond acceptors (Lipinski definition) is 3. The lowest BCUT2D eigenvalue weighted by Crippen LogP contribution is -1.98. The van der Waals surface area contributed by atoms with Crippen molar-refractivity contribution in [2.45, 2.75) is 13.3 Å². The van der Waals surface area contributed by atoms with Gasteiger partial charge < -0.3 is 0 Å². The second-order valence-electron chi connectivity index (χ2n) is 2.89. The Labute approximate surface area is 75.4 Å². The number of fused-ring (bicyclic) bond motifs is 1. The van der Waals surface area contributed by atoms with Crippen molar-refractivity contribution in [3.63, 3.8) is 0 Å². The van der Waals surface area contributed by atoms with Crippen LogP contribution in [0.4, 0.5) is 0 Å². The fraction of sp³-hybridized carbons (Fsp3) is 0.222. The second-order valence-corrected chi connectivity index (χ2v) is 2.89. The van der Waals surface area contributed by atoms with E-state index in [4.69, 9.17) is 5.26 Å². The minimum atomic E-state index is 0.363. The zero-order chi connectivity index (χ0) is 9.26. The molecule has 2 aromatic heterocycles. The molecule has 0 bridgehead atoms. The van der Waals surface area contributed by atoms with Gasteiger partial charge in [0.15, 0.2) is 5.65 Å². The fourth-order valence-corrected chi connectivity index (χ4v) is 1.35. The quantitative estimate of drug-likeness (QED) is 0.647. The molecule has 13 heavy (non-hydrogen) atoms. The summed E-state index contributed by atoms with van der Waals surface area (Å²) in [5.74, 6) is 0. The summed E-state index contributed by atoms with van der Waals surface area (Å²) in [6.45, 7) is 1.98. The summed E-state index contributed by atoms with van der Waals surface area (Å²) in [4.78, 5) is 4.06. The van der Waals surface area contributed by atoms with Crippen molar-refractivity contribution in [1.29, 1.82) is 5.26 Å². The maximum Gasteiger partial charge on any atom is 0.155 e. The first-order valence-electron chi connectivity index (χ1n) is 3.97. The minimum Gasteiger partial charge on any atom is -0.217 e. The Morgan fingerprint density at radius 3 is 3.15 bits per heavy atom.